The van der Waals surface area contributed by atoms with Crippen LogP contribution in [0.25, 0.3) is 22.2 Å². The second kappa shape index (κ2) is 10.7. The Labute approximate surface area is 243 Å². The van der Waals surface area contributed by atoms with Gasteiger partial charge in [0.2, 0.25) is 5.88 Å². The van der Waals surface area contributed by atoms with Crippen LogP contribution < -0.4 is 21.1 Å². The zero-order valence-electron chi connectivity index (χ0n) is 22.6. The van der Waals surface area contributed by atoms with Crippen molar-refractivity contribution in [3.63, 3.8) is 0 Å². The summed E-state index contributed by atoms with van der Waals surface area (Å²) < 4.78 is 53.6. The van der Waals surface area contributed by atoms with Crippen molar-refractivity contribution >= 4 is 52.9 Å². The van der Waals surface area contributed by atoms with Crippen LogP contribution in [0.5, 0.6) is 0 Å². The summed E-state index contributed by atoms with van der Waals surface area (Å²) in [6.07, 6.45) is 0.778. The molecule has 0 radical (unpaired) electrons. The van der Waals surface area contributed by atoms with Crippen molar-refractivity contribution in [1.29, 1.82) is 0 Å². The Hall–Kier alpha value is -4.03. The zero-order valence-corrected chi connectivity index (χ0v) is 23.4. The van der Waals surface area contributed by atoms with Crippen LogP contribution in [-0.2, 0) is 4.76 Å². The summed E-state index contributed by atoms with van der Waals surface area (Å²) in [7, 11) is -1.19. The van der Waals surface area contributed by atoms with Crippen molar-refractivity contribution in [3.05, 3.63) is 80.3 Å². The van der Waals surface area contributed by atoms with Crippen molar-refractivity contribution in [2.75, 3.05) is 23.3 Å². The third-order valence-electron chi connectivity index (χ3n) is 7.65. The van der Waals surface area contributed by atoms with Crippen LogP contribution >= 0.6 is 11.6 Å². The standard InChI is InChI=1S/C29H25BClF3N4O4/c1-15-26(39)21-13-19(32)12-20(27(21)41-28(15)38-9-7-29(33,34)8-10-38)16(2)36-23-5-6-24(31)37-25(23)17-3-4-22-18(11-17)14-35-42-30(22)40/h3-6,11-14,16,36,40H,7-10H2,1-2H3/t16-/m1/s1. The highest BCUT2D eigenvalue weighted by Gasteiger charge is 2.36. The van der Waals surface area contributed by atoms with Crippen LogP contribution in [-0.4, -0.2) is 42.4 Å². The quantitative estimate of drug-likeness (QED) is 0.235. The third kappa shape index (κ3) is 5.20. The highest BCUT2D eigenvalue weighted by molar-refractivity contribution is 6.62. The molecule has 0 aliphatic carbocycles. The van der Waals surface area contributed by atoms with Gasteiger partial charge in [-0.2, -0.15) is 0 Å². The van der Waals surface area contributed by atoms with Gasteiger partial charge in [-0.05, 0) is 49.7 Å². The number of pyridine rings is 1. The van der Waals surface area contributed by atoms with Gasteiger partial charge in [-0.25, -0.2) is 18.2 Å². The maximum absolute atomic E-state index is 14.9. The molecule has 4 aromatic rings. The van der Waals surface area contributed by atoms with Crippen molar-refractivity contribution in [3.8, 4) is 11.3 Å². The predicted molar refractivity (Wildman–Crippen MR) is 157 cm³/mol. The Morgan fingerprint density at radius 1 is 1.17 bits per heavy atom. The van der Waals surface area contributed by atoms with Gasteiger partial charge in [0.15, 0.2) is 5.43 Å². The number of oxime groups is 1. The fourth-order valence-corrected chi connectivity index (χ4v) is 5.52. The summed E-state index contributed by atoms with van der Waals surface area (Å²) in [4.78, 5) is 19.5. The van der Waals surface area contributed by atoms with Gasteiger partial charge in [0.25, 0.3) is 5.92 Å². The molecule has 8 nitrogen and oxygen atoms in total. The maximum Gasteiger partial charge on any atom is 0.583 e. The number of nitrogens with one attached hydrogen (secondary N) is 1. The summed E-state index contributed by atoms with van der Waals surface area (Å²) in [6, 6.07) is 10.4. The lowest BCUT2D eigenvalue weighted by atomic mass is 9.75. The van der Waals surface area contributed by atoms with E-state index in [1.807, 2.05) is 0 Å². The lowest BCUT2D eigenvalue weighted by Crippen LogP contribution is -2.40. The third-order valence-corrected chi connectivity index (χ3v) is 7.86. The van der Waals surface area contributed by atoms with Crippen LogP contribution in [0, 0.1) is 12.7 Å². The fourth-order valence-electron chi connectivity index (χ4n) is 5.37. The van der Waals surface area contributed by atoms with Gasteiger partial charge < -0.3 is 24.4 Å². The Kier molecular flexibility index (Phi) is 7.14. The first-order chi connectivity index (χ1) is 20.0. The molecule has 216 valence electrons. The lowest BCUT2D eigenvalue weighted by Gasteiger charge is -2.33. The Morgan fingerprint density at radius 3 is 2.69 bits per heavy atom. The SMILES string of the molecule is Cc1c(N2CCC(F)(F)CC2)oc2c([C@@H](C)Nc3ccc(Cl)nc3-c3ccc4c(c3)C=NOB4O)cc(F)cc2c1=O. The number of halogens is 4. The number of nitrogens with zero attached hydrogens (tertiary/aromatic N) is 3. The van der Waals surface area contributed by atoms with E-state index >= 15 is 0 Å². The van der Waals surface area contributed by atoms with E-state index in [9.17, 15) is 23.0 Å². The van der Waals surface area contributed by atoms with Gasteiger partial charge in [0, 0.05) is 42.5 Å². The maximum atomic E-state index is 14.9. The Bertz CT molecular complexity index is 1790. The van der Waals surface area contributed by atoms with E-state index in [0.29, 0.717) is 33.5 Å². The van der Waals surface area contributed by atoms with Crippen molar-refractivity contribution in [2.45, 2.75) is 38.7 Å². The number of hydrogen-bond donors (Lipinski definition) is 2. The average Bonchev–Trinajstić information content (AvgIpc) is 2.96. The van der Waals surface area contributed by atoms with Gasteiger partial charge >= 0.3 is 7.12 Å². The van der Waals surface area contributed by atoms with E-state index in [1.165, 1.54) is 12.3 Å². The molecule has 13 heteroatoms. The molecule has 0 saturated carbocycles. The molecule has 4 heterocycles. The first-order valence-corrected chi connectivity index (χ1v) is 13.7. The van der Waals surface area contributed by atoms with Crippen LogP contribution in [0.3, 0.4) is 0 Å². The van der Waals surface area contributed by atoms with Gasteiger partial charge in [0.05, 0.1) is 34.6 Å². The van der Waals surface area contributed by atoms with Crippen LogP contribution in [0.2, 0.25) is 5.15 Å². The number of rotatable bonds is 5. The van der Waals surface area contributed by atoms with E-state index in [1.54, 1.807) is 49.1 Å². The lowest BCUT2D eigenvalue weighted by molar-refractivity contribution is -0.0225. The molecule has 0 bridgehead atoms. The smallest absolute Gasteiger partial charge is 0.440 e. The number of benzene rings is 2. The minimum atomic E-state index is -2.77. The topological polar surface area (TPSA) is 100 Å². The minimum absolute atomic E-state index is 0.0288. The van der Waals surface area contributed by atoms with Gasteiger partial charge in [-0.15, -0.1) is 5.16 Å². The first-order valence-electron chi connectivity index (χ1n) is 13.3. The fraction of sp³-hybridized carbons (Fsp3) is 0.276. The number of alkyl halides is 2. The molecular weight excluding hydrogens is 572 g/mol. The van der Waals surface area contributed by atoms with E-state index in [-0.39, 0.29) is 53.5 Å². The highest BCUT2D eigenvalue weighted by atomic mass is 35.5. The number of anilines is 2. The second-order valence-corrected chi connectivity index (χ2v) is 10.9. The molecule has 0 spiro atoms. The van der Waals surface area contributed by atoms with Crippen LogP contribution in [0.15, 0.2) is 56.8 Å². The molecule has 1 saturated heterocycles. The predicted octanol–water partition coefficient (Wildman–Crippen LogP) is 5.42. The summed E-state index contributed by atoms with van der Waals surface area (Å²) in [6.45, 7) is 3.39. The monoisotopic (exact) mass is 596 g/mol. The van der Waals surface area contributed by atoms with Crippen LogP contribution in [0.4, 0.5) is 24.7 Å². The molecule has 6 rings (SSSR count). The van der Waals surface area contributed by atoms with Crippen molar-refractivity contribution < 1.29 is 27.4 Å². The molecule has 2 N–H and O–H groups in total. The number of piperidine rings is 1. The van der Waals surface area contributed by atoms with E-state index in [4.69, 9.17) is 20.8 Å². The molecule has 0 amide bonds. The highest BCUT2D eigenvalue weighted by Crippen LogP contribution is 2.36. The minimum Gasteiger partial charge on any atom is -0.440 e. The molecule has 2 aromatic carbocycles. The normalized spacial score (nSPS) is 16.7. The van der Waals surface area contributed by atoms with Crippen molar-refractivity contribution in [1.82, 2.24) is 4.98 Å². The van der Waals surface area contributed by atoms with Crippen LogP contribution in [0.1, 0.15) is 42.5 Å². The van der Waals surface area contributed by atoms with E-state index in [2.05, 4.69) is 15.5 Å². The molecule has 1 atom stereocenters. The number of hydrogen-bond acceptors (Lipinski definition) is 8. The zero-order chi connectivity index (χ0) is 29.8. The molecule has 42 heavy (non-hydrogen) atoms. The summed E-state index contributed by atoms with van der Waals surface area (Å²) in [5.74, 6) is -3.18. The largest absolute Gasteiger partial charge is 0.583 e. The molecular formula is C29H25BClF3N4O4. The van der Waals surface area contributed by atoms with Gasteiger partial charge in [-0.3, -0.25) is 4.79 Å². The van der Waals surface area contributed by atoms with E-state index in [0.717, 1.165) is 6.07 Å². The summed E-state index contributed by atoms with van der Waals surface area (Å²) in [5, 5.41) is 17.4. The molecule has 2 aliphatic rings. The Morgan fingerprint density at radius 2 is 1.93 bits per heavy atom. The molecule has 2 aromatic heterocycles. The number of aromatic nitrogens is 1. The summed E-state index contributed by atoms with van der Waals surface area (Å²) >= 11 is 6.25. The summed E-state index contributed by atoms with van der Waals surface area (Å²) in [5.41, 5.74) is 3.24. The first kappa shape index (κ1) is 28.1. The van der Waals surface area contributed by atoms with Crippen molar-refractivity contribution in [2.24, 2.45) is 5.16 Å². The van der Waals surface area contributed by atoms with Gasteiger partial charge in [0.1, 0.15) is 16.6 Å². The molecule has 0 unspecified atom stereocenters. The Balaban J connectivity index is 1.40. The number of fused-ring (bicyclic) bond motifs is 2. The molecule has 1 fully saturated rings. The van der Waals surface area contributed by atoms with E-state index < -0.39 is 30.3 Å². The molecule has 2 aliphatic heterocycles. The second-order valence-electron chi connectivity index (χ2n) is 10.5. The van der Waals surface area contributed by atoms with Gasteiger partial charge in [-0.1, -0.05) is 23.7 Å². The average molecular weight is 597 g/mol.